The van der Waals surface area contributed by atoms with Crippen LogP contribution >= 0.6 is 24.0 Å². The molecule has 3 nitrogen and oxygen atoms in total. The molecular weight excluding hydrogens is 348 g/mol. The van der Waals surface area contributed by atoms with Gasteiger partial charge in [-0.15, -0.1) is 12.4 Å². The summed E-state index contributed by atoms with van der Waals surface area (Å²) in [7, 11) is 0. The van der Waals surface area contributed by atoms with Crippen molar-refractivity contribution in [3.05, 3.63) is 83.2 Å². The van der Waals surface area contributed by atoms with E-state index in [1.165, 1.54) is 24.0 Å². The van der Waals surface area contributed by atoms with Crippen LogP contribution in [-0.4, -0.2) is 14.8 Å². The van der Waals surface area contributed by atoms with E-state index < -0.39 is 0 Å². The van der Waals surface area contributed by atoms with Gasteiger partial charge in [-0.3, -0.25) is 4.68 Å². The van der Waals surface area contributed by atoms with Crippen LogP contribution in [0.25, 0.3) is 0 Å². The van der Waals surface area contributed by atoms with Gasteiger partial charge in [0, 0.05) is 17.5 Å². The highest BCUT2D eigenvalue weighted by atomic mass is 35.5. The number of halogens is 3. The first-order valence-corrected chi connectivity index (χ1v) is 7.91. The molecule has 1 aromatic heterocycles. The zero-order chi connectivity index (χ0) is 16.1. The molecule has 3 aromatic rings. The highest BCUT2D eigenvalue weighted by Gasteiger charge is 2.13. The molecule has 126 valence electrons. The van der Waals surface area contributed by atoms with E-state index in [0.717, 1.165) is 30.0 Å². The molecule has 0 N–H and O–H groups in total. The topological polar surface area (TPSA) is 30.7 Å². The van der Waals surface area contributed by atoms with Crippen molar-refractivity contribution >= 4 is 24.0 Å². The largest absolute Gasteiger partial charge is 0.252 e. The van der Waals surface area contributed by atoms with Crippen molar-refractivity contribution in [1.82, 2.24) is 14.8 Å². The van der Waals surface area contributed by atoms with Crippen LogP contribution in [0.1, 0.15) is 23.5 Å². The summed E-state index contributed by atoms with van der Waals surface area (Å²) in [6, 6.07) is 14.6. The lowest BCUT2D eigenvalue weighted by Gasteiger charge is -2.17. The fourth-order valence-corrected chi connectivity index (χ4v) is 2.77. The standard InChI is InChI=1S/C18H17ClFN3.ClH/c19-17-7-2-14(3-8-17)1-4-16(11-23-13-21-12-22-23)15-5-9-18(20)10-6-15;/h2-3,5-10,12-13,16H,1,4,11H2;1H. The Kier molecular flexibility index (Phi) is 6.76. The summed E-state index contributed by atoms with van der Waals surface area (Å²) in [6.07, 6.45) is 5.10. The monoisotopic (exact) mass is 365 g/mol. The number of aromatic nitrogens is 3. The third-order valence-corrected chi connectivity index (χ3v) is 4.16. The van der Waals surface area contributed by atoms with Crippen molar-refractivity contribution in [2.45, 2.75) is 25.3 Å². The van der Waals surface area contributed by atoms with Crippen LogP contribution in [0.2, 0.25) is 5.02 Å². The van der Waals surface area contributed by atoms with E-state index in [1.807, 2.05) is 41.1 Å². The predicted molar refractivity (Wildman–Crippen MR) is 96.2 cm³/mol. The van der Waals surface area contributed by atoms with Gasteiger partial charge in [-0.2, -0.15) is 5.10 Å². The van der Waals surface area contributed by atoms with E-state index >= 15 is 0 Å². The predicted octanol–water partition coefficient (Wildman–Crippen LogP) is 4.91. The van der Waals surface area contributed by atoms with Crippen molar-refractivity contribution in [1.29, 1.82) is 0 Å². The average Bonchev–Trinajstić information content (AvgIpc) is 3.07. The second-order valence-corrected chi connectivity index (χ2v) is 5.97. The van der Waals surface area contributed by atoms with Crippen molar-refractivity contribution in [3.63, 3.8) is 0 Å². The minimum absolute atomic E-state index is 0. The Morgan fingerprint density at radius 2 is 1.75 bits per heavy atom. The third-order valence-electron chi connectivity index (χ3n) is 3.91. The summed E-state index contributed by atoms with van der Waals surface area (Å²) in [5.74, 6) is 0.0268. The fourth-order valence-electron chi connectivity index (χ4n) is 2.64. The molecule has 1 atom stereocenters. The molecule has 0 saturated heterocycles. The van der Waals surface area contributed by atoms with Gasteiger partial charge in [0.15, 0.2) is 0 Å². The van der Waals surface area contributed by atoms with Crippen molar-refractivity contribution in [2.24, 2.45) is 0 Å². The number of hydrogen-bond acceptors (Lipinski definition) is 2. The molecule has 0 radical (unpaired) electrons. The highest BCUT2D eigenvalue weighted by molar-refractivity contribution is 6.30. The summed E-state index contributed by atoms with van der Waals surface area (Å²) < 4.78 is 15.0. The van der Waals surface area contributed by atoms with Gasteiger partial charge in [0.25, 0.3) is 0 Å². The fraction of sp³-hybridized carbons (Fsp3) is 0.222. The minimum atomic E-state index is -0.217. The quantitative estimate of drug-likeness (QED) is 0.621. The second kappa shape index (κ2) is 8.81. The Morgan fingerprint density at radius 3 is 2.38 bits per heavy atom. The zero-order valence-electron chi connectivity index (χ0n) is 13.0. The maximum atomic E-state index is 13.2. The normalized spacial score (nSPS) is 11.8. The van der Waals surface area contributed by atoms with E-state index in [9.17, 15) is 4.39 Å². The molecule has 6 heteroatoms. The first-order valence-electron chi connectivity index (χ1n) is 7.53. The van der Waals surface area contributed by atoms with Crippen LogP contribution in [0.4, 0.5) is 4.39 Å². The number of aryl methyl sites for hydroxylation is 1. The first kappa shape index (κ1) is 18.4. The maximum Gasteiger partial charge on any atom is 0.137 e. The molecule has 0 aliphatic heterocycles. The van der Waals surface area contributed by atoms with Crippen molar-refractivity contribution in [3.8, 4) is 0 Å². The SMILES string of the molecule is Cl.Fc1ccc(C(CCc2ccc(Cl)cc2)Cn2cncn2)cc1. The first-order chi connectivity index (χ1) is 11.2. The maximum absolute atomic E-state index is 13.2. The Balaban J connectivity index is 0.00000208. The smallest absolute Gasteiger partial charge is 0.137 e. The number of rotatable bonds is 6. The Hall–Kier alpha value is -1.91. The van der Waals surface area contributed by atoms with E-state index in [0.29, 0.717) is 0 Å². The van der Waals surface area contributed by atoms with Crippen molar-refractivity contribution < 1.29 is 4.39 Å². The van der Waals surface area contributed by atoms with E-state index in [4.69, 9.17) is 11.6 Å². The number of benzene rings is 2. The van der Waals surface area contributed by atoms with Crippen LogP contribution in [0.5, 0.6) is 0 Å². The van der Waals surface area contributed by atoms with Crippen LogP contribution < -0.4 is 0 Å². The summed E-state index contributed by atoms with van der Waals surface area (Å²) in [5.41, 5.74) is 2.34. The van der Waals surface area contributed by atoms with E-state index in [1.54, 1.807) is 6.33 Å². The van der Waals surface area contributed by atoms with Gasteiger partial charge < -0.3 is 0 Å². The van der Waals surface area contributed by atoms with Gasteiger partial charge in [0.05, 0.1) is 0 Å². The molecule has 1 unspecified atom stereocenters. The molecule has 2 aromatic carbocycles. The number of nitrogens with zero attached hydrogens (tertiary/aromatic N) is 3. The van der Waals surface area contributed by atoms with Gasteiger partial charge in [-0.25, -0.2) is 9.37 Å². The van der Waals surface area contributed by atoms with Gasteiger partial charge in [0.1, 0.15) is 18.5 Å². The molecule has 0 fully saturated rings. The molecule has 0 bridgehead atoms. The summed E-state index contributed by atoms with van der Waals surface area (Å²) in [4.78, 5) is 3.99. The van der Waals surface area contributed by atoms with Gasteiger partial charge >= 0.3 is 0 Å². The van der Waals surface area contributed by atoms with E-state index in [2.05, 4.69) is 10.1 Å². The van der Waals surface area contributed by atoms with Crippen molar-refractivity contribution in [2.75, 3.05) is 0 Å². The summed E-state index contributed by atoms with van der Waals surface area (Å²) in [5, 5.41) is 4.92. The van der Waals surface area contributed by atoms with Crippen LogP contribution in [0.3, 0.4) is 0 Å². The molecule has 3 rings (SSSR count). The molecule has 1 heterocycles. The molecule has 0 aliphatic carbocycles. The van der Waals surface area contributed by atoms with Gasteiger partial charge in [-0.05, 0) is 48.2 Å². The van der Waals surface area contributed by atoms with Gasteiger partial charge in [-0.1, -0.05) is 35.9 Å². The number of hydrogen-bond donors (Lipinski definition) is 0. The average molecular weight is 366 g/mol. The molecule has 0 amide bonds. The van der Waals surface area contributed by atoms with E-state index in [-0.39, 0.29) is 24.1 Å². The third kappa shape index (κ3) is 5.05. The molecule has 0 spiro atoms. The van der Waals surface area contributed by atoms with Crippen LogP contribution in [-0.2, 0) is 13.0 Å². The molecular formula is C18H18Cl2FN3. The molecule has 24 heavy (non-hydrogen) atoms. The summed E-state index contributed by atoms with van der Waals surface area (Å²) in [6.45, 7) is 0.721. The van der Waals surface area contributed by atoms with Crippen LogP contribution in [0.15, 0.2) is 61.2 Å². The Bertz CT molecular complexity index is 728. The lowest BCUT2D eigenvalue weighted by atomic mass is 9.92. The lowest BCUT2D eigenvalue weighted by molar-refractivity contribution is 0.487. The summed E-state index contributed by atoms with van der Waals surface area (Å²) >= 11 is 5.93. The van der Waals surface area contributed by atoms with Crippen LogP contribution in [0, 0.1) is 5.82 Å². The Morgan fingerprint density at radius 1 is 1.04 bits per heavy atom. The Labute approximate surface area is 151 Å². The van der Waals surface area contributed by atoms with Gasteiger partial charge in [0.2, 0.25) is 0 Å². The lowest BCUT2D eigenvalue weighted by Crippen LogP contribution is -2.11. The molecule has 0 aliphatic rings. The second-order valence-electron chi connectivity index (χ2n) is 5.53. The minimum Gasteiger partial charge on any atom is -0.252 e. The zero-order valence-corrected chi connectivity index (χ0v) is 14.6. The highest BCUT2D eigenvalue weighted by Crippen LogP contribution is 2.24. The molecule has 0 saturated carbocycles.